The molecule has 0 aliphatic rings. The molecule has 0 aromatic carbocycles. The van der Waals surface area contributed by atoms with Crippen LogP contribution in [0.5, 0.6) is 0 Å². The van der Waals surface area contributed by atoms with Crippen molar-refractivity contribution in [2.75, 3.05) is 6.61 Å². The Kier molecular flexibility index (Phi) is 46.8. The van der Waals surface area contributed by atoms with Crippen molar-refractivity contribution in [3.05, 3.63) is 36.5 Å². The number of aliphatic hydroxyl groups is 2. The van der Waals surface area contributed by atoms with Crippen LogP contribution in [0.1, 0.15) is 271 Å². The lowest BCUT2D eigenvalue weighted by molar-refractivity contribution is -0.123. The summed E-state index contributed by atoms with van der Waals surface area (Å²) in [6.45, 7) is 4.23. The fraction of sp³-hybridized carbons (Fsp3) is 0.865. The molecular weight excluding hydrogens is 687 g/mol. The van der Waals surface area contributed by atoms with Gasteiger partial charge in [0.15, 0.2) is 0 Å². The normalized spacial score (nSPS) is 13.1. The maximum atomic E-state index is 12.4. The number of amides is 1. The van der Waals surface area contributed by atoms with E-state index < -0.39 is 12.1 Å². The maximum absolute atomic E-state index is 12.4. The summed E-state index contributed by atoms with van der Waals surface area (Å²) in [6, 6.07) is -0.621. The quantitative estimate of drug-likeness (QED) is 0.0425. The molecule has 0 fully saturated rings. The first-order valence-corrected chi connectivity index (χ1v) is 25.2. The van der Waals surface area contributed by atoms with Gasteiger partial charge in [0.1, 0.15) is 0 Å². The molecule has 2 unspecified atom stereocenters. The molecular formula is C52H99NO3. The largest absolute Gasteiger partial charge is 0.394 e. The Morgan fingerprint density at radius 3 is 1.16 bits per heavy atom. The van der Waals surface area contributed by atoms with Gasteiger partial charge in [-0.3, -0.25) is 4.79 Å². The van der Waals surface area contributed by atoms with Crippen LogP contribution in [0.4, 0.5) is 0 Å². The smallest absolute Gasteiger partial charge is 0.220 e. The van der Waals surface area contributed by atoms with Crippen LogP contribution in [-0.2, 0) is 4.79 Å². The Bertz CT molecular complexity index is 851. The van der Waals surface area contributed by atoms with E-state index in [2.05, 4.69) is 43.5 Å². The molecule has 0 saturated heterocycles. The summed E-state index contributed by atoms with van der Waals surface area (Å²) in [7, 11) is 0. The highest BCUT2D eigenvalue weighted by atomic mass is 16.3. The minimum atomic E-state index is -0.838. The Balaban J connectivity index is 3.50. The van der Waals surface area contributed by atoms with Crippen LogP contribution >= 0.6 is 0 Å². The van der Waals surface area contributed by atoms with Gasteiger partial charge in [-0.2, -0.15) is 0 Å². The van der Waals surface area contributed by atoms with E-state index in [0.717, 1.165) is 38.5 Å². The molecule has 4 heteroatoms. The molecule has 0 radical (unpaired) electrons. The molecule has 330 valence electrons. The van der Waals surface area contributed by atoms with Gasteiger partial charge in [-0.1, -0.05) is 256 Å². The average molecular weight is 786 g/mol. The lowest BCUT2D eigenvalue weighted by atomic mass is 10.0. The standard InChI is InChI=1S/C52H99NO3/c1-3-5-7-9-11-13-15-17-19-21-23-25-26-28-29-31-33-35-37-39-41-43-45-47-51(55)50(49-54)53-52(56)48-46-44-42-40-38-36-34-32-30-27-24-22-20-18-16-14-12-10-8-6-4-2/h6,8,12,14,45,47,50-51,54-55H,3-5,7,9-11,13,15-44,46,48-49H2,1-2H3,(H,53,56)/b8-6-,14-12-,47-45+. The van der Waals surface area contributed by atoms with E-state index in [1.165, 1.54) is 212 Å². The summed E-state index contributed by atoms with van der Waals surface area (Å²) in [5, 5.41) is 23.1. The zero-order chi connectivity index (χ0) is 40.7. The fourth-order valence-electron chi connectivity index (χ4n) is 7.81. The average Bonchev–Trinajstić information content (AvgIpc) is 3.20. The van der Waals surface area contributed by atoms with Gasteiger partial charge in [-0.15, -0.1) is 0 Å². The van der Waals surface area contributed by atoms with Crippen LogP contribution in [0, 0.1) is 0 Å². The van der Waals surface area contributed by atoms with Crippen molar-refractivity contribution in [2.45, 2.75) is 283 Å². The third-order valence-corrected chi connectivity index (χ3v) is 11.6. The molecule has 0 bridgehead atoms. The predicted octanol–water partition coefficient (Wildman–Crippen LogP) is 16.1. The van der Waals surface area contributed by atoms with Crippen molar-refractivity contribution in [1.82, 2.24) is 5.32 Å². The molecule has 2 atom stereocenters. The molecule has 0 aliphatic carbocycles. The lowest BCUT2D eigenvalue weighted by Crippen LogP contribution is -2.45. The summed E-state index contributed by atoms with van der Waals surface area (Å²) in [5.41, 5.74) is 0. The van der Waals surface area contributed by atoms with E-state index in [9.17, 15) is 15.0 Å². The van der Waals surface area contributed by atoms with Gasteiger partial charge in [0.2, 0.25) is 5.91 Å². The monoisotopic (exact) mass is 786 g/mol. The molecule has 0 spiro atoms. The first kappa shape index (κ1) is 54.6. The van der Waals surface area contributed by atoms with E-state index in [-0.39, 0.29) is 12.5 Å². The van der Waals surface area contributed by atoms with Crippen molar-refractivity contribution in [3.8, 4) is 0 Å². The molecule has 0 aromatic rings. The van der Waals surface area contributed by atoms with Crippen molar-refractivity contribution in [3.63, 3.8) is 0 Å². The van der Waals surface area contributed by atoms with Crippen LogP contribution in [0.3, 0.4) is 0 Å². The Labute approximate surface area is 351 Å². The van der Waals surface area contributed by atoms with E-state index in [1.807, 2.05) is 6.08 Å². The molecule has 0 rings (SSSR count). The fourth-order valence-corrected chi connectivity index (χ4v) is 7.81. The summed E-state index contributed by atoms with van der Waals surface area (Å²) in [4.78, 5) is 12.4. The number of aliphatic hydroxyl groups excluding tert-OH is 2. The lowest BCUT2D eigenvalue weighted by Gasteiger charge is -2.20. The second-order valence-corrected chi connectivity index (χ2v) is 17.2. The SMILES string of the molecule is CC/C=C\C/C=C\CCCCCCCCCCCCCCCCC(=O)NC(CO)C(O)/C=C/CCCCCCCCCCCCCCCCCCCCCCC. The highest BCUT2D eigenvalue weighted by molar-refractivity contribution is 5.76. The van der Waals surface area contributed by atoms with Crippen LogP contribution in [0.2, 0.25) is 0 Å². The number of hydrogen-bond donors (Lipinski definition) is 3. The van der Waals surface area contributed by atoms with Gasteiger partial charge in [0.25, 0.3) is 0 Å². The Hall–Kier alpha value is -1.39. The van der Waals surface area contributed by atoms with E-state index >= 15 is 0 Å². The molecule has 0 aliphatic heterocycles. The number of rotatable bonds is 46. The molecule has 4 nitrogen and oxygen atoms in total. The van der Waals surface area contributed by atoms with Crippen molar-refractivity contribution >= 4 is 5.91 Å². The van der Waals surface area contributed by atoms with Crippen molar-refractivity contribution in [2.24, 2.45) is 0 Å². The number of nitrogens with one attached hydrogen (secondary N) is 1. The third-order valence-electron chi connectivity index (χ3n) is 11.6. The number of allylic oxidation sites excluding steroid dienone is 5. The second-order valence-electron chi connectivity index (χ2n) is 17.2. The van der Waals surface area contributed by atoms with Gasteiger partial charge in [0.05, 0.1) is 18.8 Å². The molecule has 0 saturated carbocycles. The zero-order valence-electron chi connectivity index (χ0n) is 37.9. The summed E-state index contributed by atoms with van der Waals surface area (Å²) < 4.78 is 0. The maximum Gasteiger partial charge on any atom is 0.220 e. The molecule has 1 amide bonds. The van der Waals surface area contributed by atoms with Gasteiger partial charge in [-0.25, -0.2) is 0 Å². The van der Waals surface area contributed by atoms with Crippen molar-refractivity contribution < 1.29 is 15.0 Å². The van der Waals surface area contributed by atoms with E-state index in [1.54, 1.807) is 6.08 Å². The number of carbonyl (C=O) groups excluding carboxylic acids is 1. The van der Waals surface area contributed by atoms with Gasteiger partial charge >= 0.3 is 0 Å². The number of carbonyl (C=O) groups is 1. The van der Waals surface area contributed by atoms with Gasteiger partial charge in [0, 0.05) is 6.42 Å². The summed E-state index contributed by atoms with van der Waals surface area (Å²) in [6.07, 6.45) is 64.2. The molecule has 3 N–H and O–H groups in total. The van der Waals surface area contributed by atoms with Gasteiger partial charge in [-0.05, 0) is 44.9 Å². The highest BCUT2D eigenvalue weighted by Crippen LogP contribution is 2.17. The van der Waals surface area contributed by atoms with Crippen LogP contribution in [-0.4, -0.2) is 34.9 Å². The van der Waals surface area contributed by atoms with Crippen molar-refractivity contribution in [1.29, 1.82) is 0 Å². The Morgan fingerprint density at radius 2 is 0.786 bits per heavy atom. The highest BCUT2D eigenvalue weighted by Gasteiger charge is 2.18. The van der Waals surface area contributed by atoms with Crippen LogP contribution < -0.4 is 5.32 Å². The van der Waals surface area contributed by atoms with E-state index in [4.69, 9.17) is 0 Å². The number of hydrogen-bond acceptors (Lipinski definition) is 3. The third kappa shape index (κ3) is 43.7. The second kappa shape index (κ2) is 48.0. The predicted molar refractivity (Wildman–Crippen MR) is 248 cm³/mol. The minimum absolute atomic E-state index is 0.0619. The molecule has 0 heterocycles. The van der Waals surface area contributed by atoms with Gasteiger partial charge < -0.3 is 15.5 Å². The van der Waals surface area contributed by atoms with E-state index in [0.29, 0.717) is 6.42 Å². The first-order chi connectivity index (χ1) is 27.7. The van der Waals surface area contributed by atoms with Crippen LogP contribution in [0.15, 0.2) is 36.5 Å². The first-order valence-electron chi connectivity index (χ1n) is 25.2. The Morgan fingerprint density at radius 1 is 0.446 bits per heavy atom. The zero-order valence-corrected chi connectivity index (χ0v) is 37.9. The van der Waals surface area contributed by atoms with Crippen LogP contribution in [0.25, 0.3) is 0 Å². The molecule has 56 heavy (non-hydrogen) atoms. The number of unbranched alkanes of at least 4 members (excludes halogenated alkanes) is 35. The minimum Gasteiger partial charge on any atom is -0.394 e. The summed E-state index contributed by atoms with van der Waals surface area (Å²) >= 11 is 0. The topological polar surface area (TPSA) is 69.6 Å². The molecule has 0 aromatic heterocycles. The summed E-state index contributed by atoms with van der Waals surface area (Å²) in [5.74, 6) is -0.0619.